The van der Waals surface area contributed by atoms with E-state index in [-0.39, 0.29) is 36.2 Å². The summed E-state index contributed by atoms with van der Waals surface area (Å²) >= 11 is 7.59. The van der Waals surface area contributed by atoms with Crippen LogP contribution in [-0.4, -0.2) is 70.6 Å². The molecule has 1 aliphatic carbocycles. The zero-order valence-corrected chi connectivity index (χ0v) is 15.9. The lowest BCUT2D eigenvalue weighted by molar-refractivity contribution is -0.0799. The Hall–Kier alpha value is -0.840. The van der Waals surface area contributed by atoms with Gasteiger partial charge in [0.1, 0.15) is 17.9 Å². The number of nitrogen functional groups attached to an aromatic ring is 1. The SMILES string of the molecule is CCCSc1nc(Cl)c(N)c(NC2CC(OCCO)C(OC)C2O)n1. The van der Waals surface area contributed by atoms with Gasteiger partial charge in [0.05, 0.1) is 25.4 Å². The summed E-state index contributed by atoms with van der Waals surface area (Å²) in [5.74, 6) is 1.26. The molecule has 1 aromatic rings. The van der Waals surface area contributed by atoms with E-state index in [1.807, 2.05) is 0 Å². The number of aromatic nitrogens is 2. The van der Waals surface area contributed by atoms with Gasteiger partial charge in [-0.05, 0) is 12.8 Å². The van der Waals surface area contributed by atoms with E-state index in [1.165, 1.54) is 18.9 Å². The summed E-state index contributed by atoms with van der Waals surface area (Å²) < 4.78 is 10.9. The van der Waals surface area contributed by atoms with E-state index in [2.05, 4.69) is 22.2 Å². The largest absolute Gasteiger partial charge is 0.394 e. The van der Waals surface area contributed by atoms with Crippen LogP contribution < -0.4 is 11.1 Å². The maximum atomic E-state index is 10.5. The summed E-state index contributed by atoms with van der Waals surface area (Å²) in [5.41, 5.74) is 6.22. The molecule has 4 atom stereocenters. The van der Waals surface area contributed by atoms with E-state index in [4.69, 9.17) is 31.9 Å². The molecule has 8 nitrogen and oxygen atoms in total. The monoisotopic (exact) mass is 392 g/mol. The van der Waals surface area contributed by atoms with Crippen LogP contribution in [0.2, 0.25) is 5.15 Å². The number of hydrogen-bond donors (Lipinski definition) is 4. The number of hydrogen-bond acceptors (Lipinski definition) is 9. The van der Waals surface area contributed by atoms with Gasteiger partial charge in [0.15, 0.2) is 16.1 Å². The molecule has 0 amide bonds. The number of methoxy groups -OCH3 is 1. The van der Waals surface area contributed by atoms with Crippen LogP contribution in [0, 0.1) is 0 Å². The molecule has 0 radical (unpaired) electrons. The van der Waals surface area contributed by atoms with Crippen LogP contribution >= 0.6 is 23.4 Å². The van der Waals surface area contributed by atoms with Gasteiger partial charge >= 0.3 is 0 Å². The predicted octanol–water partition coefficient (Wildman–Crippen LogP) is 1.15. The first kappa shape index (κ1) is 20.5. The highest BCUT2D eigenvalue weighted by atomic mass is 35.5. The average Bonchev–Trinajstić information content (AvgIpc) is 2.90. The van der Waals surface area contributed by atoms with Gasteiger partial charge in [-0.1, -0.05) is 30.3 Å². The van der Waals surface area contributed by atoms with Crippen molar-refractivity contribution in [1.29, 1.82) is 0 Å². The molecular formula is C15H25ClN4O4S. The molecule has 0 aromatic carbocycles. The van der Waals surface area contributed by atoms with Crippen LogP contribution in [0.1, 0.15) is 19.8 Å². The van der Waals surface area contributed by atoms with E-state index in [9.17, 15) is 5.11 Å². The highest BCUT2D eigenvalue weighted by Crippen LogP contribution is 2.32. The van der Waals surface area contributed by atoms with E-state index < -0.39 is 12.2 Å². The summed E-state index contributed by atoms with van der Waals surface area (Å²) in [4.78, 5) is 8.57. The van der Waals surface area contributed by atoms with E-state index in [0.29, 0.717) is 17.4 Å². The Morgan fingerprint density at radius 2 is 2.20 bits per heavy atom. The number of nitrogens with one attached hydrogen (secondary N) is 1. The number of rotatable bonds is 9. The van der Waals surface area contributed by atoms with Crippen LogP contribution in [0.3, 0.4) is 0 Å². The molecule has 1 saturated carbocycles. The second kappa shape index (κ2) is 9.75. The molecule has 0 bridgehead atoms. The number of ether oxygens (including phenoxy) is 2. The molecule has 0 aliphatic heterocycles. The Kier molecular flexibility index (Phi) is 7.98. The lowest BCUT2D eigenvalue weighted by Crippen LogP contribution is -2.38. The van der Waals surface area contributed by atoms with Crippen LogP contribution in [0.25, 0.3) is 0 Å². The Bertz CT molecular complexity index is 569. The molecule has 4 unspecified atom stereocenters. The van der Waals surface area contributed by atoms with Crippen molar-refractivity contribution >= 4 is 34.9 Å². The van der Waals surface area contributed by atoms with E-state index in [0.717, 1.165) is 12.2 Å². The first-order chi connectivity index (χ1) is 12.0. The van der Waals surface area contributed by atoms with E-state index in [1.54, 1.807) is 0 Å². The molecule has 142 valence electrons. The predicted molar refractivity (Wildman–Crippen MR) is 98.1 cm³/mol. The molecule has 1 fully saturated rings. The third kappa shape index (κ3) is 5.08. The van der Waals surface area contributed by atoms with Crippen molar-refractivity contribution in [2.24, 2.45) is 0 Å². The molecule has 0 saturated heterocycles. The summed E-state index contributed by atoms with van der Waals surface area (Å²) in [6.45, 7) is 2.16. The van der Waals surface area contributed by atoms with E-state index >= 15 is 0 Å². The quantitative estimate of drug-likeness (QED) is 0.278. The lowest BCUT2D eigenvalue weighted by atomic mass is 10.2. The minimum atomic E-state index is -0.812. The zero-order chi connectivity index (χ0) is 18.4. The molecule has 25 heavy (non-hydrogen) atoms. The standard InChI is InChI=1S/C15H25ClN4O4S/c1-3-6-25-15-19-13(16)10(17)14(20-15)18-8-7-9(24-5-4-21)12(23-2)11(8)22/h8-9,11-12,21-22H,3-7,17H2,1-2H3,(H,18,19,20). The summed E-state index contributed by atoms with van der Waals surface area (Å²) in [5, 5.41) is 23.3. The van der Waals surface area contributed by atoms with Gasteiger partial charge in [-0.3, -0.25) is 0 Å². The second-order valence-electron chi connectivity index (χ2n) is 5.72. The zero-order valence-electron chi connectivity index (χ0n) is 14.3. The van der Waals surface area contributed by atoms with Gasteiger partial charge in [-0.15, -0.1) is 0 Å². The first-order valence-electron chi connectivity index (χ1n) is 8.17. The fourth-order valence-electron chi connectivity index (χ4n) is 2.74. The summed E-state index contributed by atoms with van der Waals surface area (Å²) in [6.07, 6.45) is -0.181. The summed E-state index contributed by atoms with van der Waals surface area (Å²) in [6, 6.07) is -0.370. The van der Waals surface area contributed by atoms with Crippen LogP contribution in [0.4, 0.5) is 11.5 Å². The Morgan fingerprint density at radius 1 is 1.44 bits per heavy atom. The Morgan fingerprint density at radius 3 is 2.84 bits per heavy atom. The third-order valence-corrected chi connectivity index (χ3v) is 5.27. The maximum absolute atomic E-state index is 10.5. The van der Waals surface area contributed by atoms with Crippen molar-refractivity contribution in [1.82, 2.24) is 9.97 Å². The van der Waals surface area contributed by atoms with Crippen molar-refractivity contribution in [3.05, 3.63) is 5.15 Å². The lowest BCUT2D eigenvalue weighted by Gasteiger charge is -2.22. The number of nitrogens with two attached hydrogens (primary N) is 1. The molecular weight excluding hydrogens is 368 g/mol. The van der Waals surface area contributed by atoms with Crippen LogP contribution in [0.15, 0.2) is 5.16 Å². The number of nitrogens with zero attached hydrogens (tertiary/aromatic N) is 2. The van der Waals surface area contributed by atoms with Crippen molar-refractivity contribution in [2.45, 2.75) is 49.3 Å². The van der Waals surface area contributed by atoms with Gasteiger partial charge in [-0.2, -0.15) is 0 Å². The van der Waals surface area contributed by atoms with Gasteiger partial charge in [0.25, 0.3) is 0 Å². The first-order valence-corrected chi connectivity index (χ1v) is 9.53. The molecule has 1 aliphatic rings. The van der Waals surface area contributed by atoms with Crippen molar-refractivity contribution in [3.8, 4) is 0 Å². The Labute approximate surface area is 156 Å². The van der Waals surface area contributed by atoms with Crippen LogP contribution in [0.5, 0.6) is 0 Å². The molecule has 1 heterocycles. The number of halogens is 1. The number of aliphatic hydroxyl groups excluding tert-OH is 2. The maximum Gasteiger partial charge on any atom is 0.191 e. The smallest absolute Gasteiger partial charge is 0.191 e. The summed E-state index contributed by atoms with van der Waals surface area (Å²) in [7, 11) is 1.51. The third-order valence-electron chi connectivity index (χ3n) is 3.93. The molecule has 0 spiro atoms. The van der Waals surface area contributed by atoms with Gasteiger partial charge < -0.3 is 30.7 Å². The van der Waals surface area contributed by atoms with Gasteiger partial charge in [-0.25, -0.2) is 9.97 Å². The number of anilines is 2. The minimum Gasteiger partial charge on any atom is -0.394 e. The fourth-order valence-corrected chi connectivity index (χ4v) is 3.66. The van der Waals surface area contributed by atoms with Gasteiger partial charge in [0.2, 0.25) is 0 Å². The minimum absolute atomic E-state index is 0.0897. The topological polar surface area (TPSA) is 123 Å². The Balaban J connectivity index is 2.13. The van der Waals surface area contributed by atoms with Crippen molar-refractivity contribution in [2.75, 3.05) is 37.1 Å². The fraction of sp³-hybridized carbons (Fsp3) is 0.733. The molecule has 2 rings (SSSR count). The molecule has 1 aromatic heterocycles. The van der Waals surface area contributed by atoms with Gasteiger partial charge in [0, 0.05) is 12.9 Å². The normalized spacial score (nSPS) is 26.1. The second-order valence-corrected chi connectivity index (χ2v) is 7.14. The van der Waals surface area contributed by atoms with Crippen molar-refractivity contribution < 1.29 is 19.7 Å². The average molecular weight is 393 g/mol. The highest BCUT2D eigenvalue weighted by molar-refractivity contribution is 7.99. The van der Waals surface area contributed by atoms with Crippen LogP contribution in [-0.2, 0) is 9.47 Å². The molecule has 10 heteroatoms. The number of aliphatic hydroxyl groups is 2. The number of thioether (sulfide) groups is 1. The molecule has 5 N–H and O–H groups in total. The highest BCUT2D eigenvalue weighted by Gasteiger charge is 2.44. The van der Waals surface area contributed by atoms with Crippen molar-refractivity contribution in [3.63, 3.8) is 0 Å².